The summed E-state index contributed by atoms with van der Waals surface area (Å²) in [6.07, 6.45) is 0. The van der Waals surface area contributed by atoms with Crippen molar-refractivity contribution in [2.45, 2.75) is 5.16 Å². The number of rotatable bonds is 5. The van der Waals surface area contributed by atoms with Crippen molar-refractivity contribution < 1.29 is 9.53 Å². The highest BCUT2D eigenvalue weighted by molar-refractivity contribution is 7.99. The Kier molecular flexibility index (Phi) is 5.09. The number of morpholine rings is 1. The number of hydrogen-bond donors (Lipinski definition) is 1. The molecule has 0 radical (unpaired) electrons. The smallest absolute Gasteiger partial charge is 0.234 e. The second-order valence-corrected chi connectivity index (χ2v) is 8.61. The molecule has 1 aliphatic rings. The van der Waals surface area contributed by atoms with Crippen LogP contribution in [-0.2, 0) is 9.53 Å². The van der Waals surface area contributed by atoms with Crippen molar-refractivity contribution in [3.63, 3.8) is 0 Å². The Balaban J connectivity index is 1.23. The van der Waals surface area contributed by atoms with Crippen LogP contribution in [0.2, 0.25) is 0 Å². The molecule has 0 aliphatic carbocycles. The number of fused-ring (bicyclic) bond motifs is 3. The largest absolute Gasteiger partial charge is 0.378 e. The Morgan fingerprint density at radius 2 is 1.90 bits per heavy atom. The maximum absolute atomic E-state index is 12.4. The molecular weight excluding hydrogens is 406 g/mol. The van der Waals surface area contributed by atoms with E-state index in [1.807, 2.05) is 46.9 Å². The molecule has 0 spiro atoms. The summed E-state index contributed by atoms with van der Waals surface area (Å²) in [5, 5.41) is 12.2. The molecule has 1 amide bonds. The molecular formula is C20H19N5O2S2. The molecule has 148 valence electrons. The molecule has 0 unspecified atom stereocenters. The van der Waals surface area contributed by atoms with Crippen LogP contribution in [0.15, 0.2) is 53.7 Å². The zero-order valence-electron chi connectivity index (χ0n) is 15.6. The first-order valence-corrected chi connectivity index (χ1v) is 11.2. The highest BCUT2D eigenvalue weighted by Gasteiger charge is 2.15. The standard InChI is InChI=1S/C20H19N5O2S2/c26-18(21-14-5-7-15(8-6-14)24-9-11-27-12-10-24)13-28-19-22-23-20-25(19)16-3-1-2-4-17(16)29-20/h1-8H,9-13H2,(H,21,26). The predicted molar refractivity (Wildman–Crippen MR) is 117 cm³/mol. The molecule has 1 saturated heterocycles. The number of para-hydroxylation sites is 1. The average Bonchev–Trinajstić information content (AvgIpc) is 3.33. The molecule has 1 fully saturated rings. The number of benzene rings is 2. The van der Waals surface area contributed by atoms with Gasteiger partial charge in [0, 0.05) is 24.5 Å². The summed E-state index contributed by atoms with van der Waals surface area (Å²) in [6, 6.07) is 16.1. The lowest BCUT2D eigenvalue weighted by molar-refractivity contribution is -0.113. The van der Waals surface area contributed by atoms with Crippen LogP contribution < -0.4 is 10.2 Å². The van der Waals surface area contributed by atoms with Crippen LogP contribution in [0.25, 0.3) is 15.2 Å². The average molecular weight is 426 g/mol. The molecule has 1 aliphatic heterocycles. The van der Waals surface area contributed by atoms with Crippen LogP contribution in [0.3, 0.4) is 0 Å². The van der Waals surface area contributed by atoms with Gasteiger partial charge in [0.2, 0.25) is 10.9 Å². The van der Waals surface area contributed by atoms with Gasteiger partial charge in [-0.15, -0.1) is 10.2 Å². The fraction of sp³-hybridized carbons (Fsp3) is 0.250. The lowest BCUT2D eigenvalue weighted by Crippen LogP contribution is -2.36. The molecule has 0 atom stereocenters. The molecule has 7 nitrogen and oxygen atoms in total. The molecule has 0 bridgehead atoms. The molecule has 1 N–H and O–H groups in total. The van der Waals surface area contributed by atoms with Gasteiger partial charge < -0.3 is 15.0 Å². The van der Waals surface area contributed by atoms with Crippen LogP contribution in [0, 0.1) is 0 Å². The van der Waals surface area contributed by atoms with E-state index in [0.717, 1.165) is 58.0 Å². The van der Waals surface area contributed by atoms with E-state index in [2.05, 4.69) is 26.5 Å². The Morgan fingerprint density at radius 3 is 2.72 bits per heavy atom. The third-order valence-corrected chi connectivity index (χ3v) is 6.71. The van der Waals surface area contributed by atoms with Gasteiger partial charge in [-0.3, -0.25) is 9.20 Å². The van der Waals surface area contributed by atoms with Crippen LogP contribution in [0.1, 0.15) is 0 Å². The Morgan fingerprint density at radius 1 is 1.10 bits per heavy atom. The number of anilines is 2. The summed E-state index contributed by atoms with van der Waals surface area (Å²) in [7, 11) is 0. The van der Waals surface area contributed by atoms with Gasteiger partial charge in [-0.25, -0.2) is 0 Å². The normalized spacial score (nSPS) is 14.6. The van der Waals surface area contributed by atoms with Crippen LogP contribution in [0.4, 0.5) is 11.4 Å². The molecule has 2 aromatic heterocycles. The van der Waals surface area contributed by atoms with Crippen LogP contribution >= 0.6 is 23.1 Å². The van der Waals surface area contributed by atoms with E-state index >= 15 is 0 Å². The van der Waals surface area contributed by atoms with Crippen LogP contribution in [0.5, 0.6) is 0 Å². The van der Waals surface area contributed by atoms with Crippen molar-refractivity contribution in [3.8, 4) is 0 Å². The molecule has 4 aromatic rings. The minimum Gasteiger partial charge on any atom is -0.378 e. The van der Waals surface area contributed by atoms with E-state index in [-0.39, 0.29) is 11.7 Å². The van der Waals surface area contributed by atoms with E-state index in [9.17, 15) is 4.79 Å². The van der Waals surface area contributed by atoms with Gasteiger partial charge in [0.15, 0.2) is 5.16 Å². The van der Waals surface area contributed by atoms with E-state index in [4.69, 9.17) is 4.74 Å². The van der Waals surface area contributed by atoms with Crippen molar-refractivity contribution in [2.75, 3.05) is 42.3 Å². The van der Waals surface area contributed by atoms with Gasteiger partial charge in [0.25, 0.3) is 0 Å². The summed E-state index contributed by atoms with van der Waals surface area (Å²) in [4.78, 5) is 15.5. The van der Waals surface area contributed by atoms with Crippen molar-refractivity contribution in [3.05, 3.63) is 48.5 Å². The van der Waals surface area contributed by atoms with E-state index in [1.165, 1.54) is 11.8 Å². The van der Waals surface area contributed by atoms with Crippen molar-refractivity contribution >= 4 is 55.6 Å². The van der Waals surface area contributed by atoms with E-state index in [0.29, 0.717) is 0 Å². The number of thiazole rings is 1. The van der Waals surface area contributed by atoms with Gasteiger partial charge in [-0.1, -0.05) is 35.2 Å². The maximum Gasteiger partial charge on any atom is 0.234 e. The van der Waals surface area contributed by atoms with Gasteiger partial charge in [-0.05, 0) is 36.4 Å². The third kappa shape index (κ3) is 3.81. The summed E-state index contributed by atoms with van der Waals surface area (Å²) in [5.41, 5.74) is 3.01. The number of nitrogens with one attached hydrogen (secondary N) is 1. The number of carbonyl (C=O) groups is 1. The lowest BCUT2D eigenvalue weighted by Gasteiger charge is -2.28. The van der Waals surface area contributed by atoms with E-state index in [1.54, 1.807) is 11.3 Å². The fourth-order valence-electron chi connectivity index (χ4n) is 3.35. The number of ether oxygens (including phenoxy) is 1. The SMILES string of the molecule is O=C(CSc1nnc2sc3ccccc3n12)Nc1ccc(N2CCOCC2)cc1. The Bertz CT molecular complexity index is 1150. The van der Waals surface area contributed by atoms with Gasteiger partial charge in [0.1, 0.15) is 0 Å². The fourth-order valence-corrected chi connectivity index (χ4v) is 5.12. The Hall–Kier alpha value is -2.62. The number of nitrogens with zero attached hydrogens (tertiary/aromatic N) is 4. The molecule has 0 saturated carbocycles. The zero-order chi connectivity index (χ0) is 19.6. The first-order valence-electron chi connectivity index (χ1n) is 9.36. The number of thioether (sulfide) groups is 1. The molecule has 29 heavy (non-hydrogen) atoms. The first kappa shape index (κ1) is 18.4. The highest BCUT2D eigenvalue weighted by atomic mass is 32.2. The second-order valence-electron chi connectivity index (χ2n) is 6.65. The van der Waals surface area contributed by atoms with Crippen molar-refractivity contribution in [1.82, 2.24) is 14.6 Å². The number of carbonyl (C=O) groups excluding carboxylic acids is 1. The molecule has 9 heteroatoms. The summed E-state index contributed by atoms with van der Waals surface area (Å²) in [5.74, 6) is 0.210. The third-order valence-electron chi connectivity index (χ3n) is 4.77. The topological polar surface area (TPSA) is 71.8 Å². The number of hydrogen-bond acceptors (Lipinski definition) is 7. The van der Waals surface area contributed by atoms with E-state index < -0.39 is 0 Å². The monoisotopic (exact) mass is 425 g/mol. The quantitative estimate of drug-likeness (QED) is 0.494. The lowest BCUT2D eigenvalue weighted by atomic mass is 10.2. The predicted octanol–water partition coefficient (Wildman–Crippen LogP) is 3.51. The summed E-state index contributed by atoms with van der Waals surface area (Å²) in [6.45, 7) is 3.30. The zero-order valence-corrected chi connectivity index (χ0v) is 17.2. The first-order chi connectivity index (χ1) is 14.3. The van der Waals surface area contributed by atoms with Crippen molar-refractivity contribution in [1.29, 1.82) is 0 Å². The van der Waals surface area contributed by atoms with Crippen molar-refractivity contribution in [2.24, 2.45) is 0 Å². The van der Waals surface area contributed by atoms with Gasteiger partial charge in [0.05, 0.1) is 29.2 Å². The van der Waals surface area contributed by atoms with Crippen LogP contribution in [-0.4, -0.2) is 52.6 Å². The number of amides is 1. The number of aromatic nitrogens is 3. The summed E-state index contributed by atoms with van der Waals surface area (Å²) < 4.78 is 8.55. The highest BCUT2D eigenvalue weighted by Crippen LogP contribution is 2.29. The van der Waals surface area contributed by atoms with Gasteiger partial charge in [-0.2, -0.15) is 0 Å². The Labute approximate surface area is 175 Å². The summed E-state index contributed by atoms with van der Waals surface area (Å²) >= 11 is 2.99. The second kappa shape index (κ2) is 8.02. The minimum atomic E-state index is -0.0644. The molecule has 3 heterocycles. The van der Waals surface area contributed by atoms with Gasteiger partial charge >= 0.3 is 0 Å². The molecule has 2 aromatic carbocycles. The minimum absolute atomic E-state index is 0.0644. The molecule has 5 rings (SSSR count). The maximum atomic E-state index is 12.4.